The summed E-state index contributed by atoms with van der Waals surface area (Å²) in [5, 5.41) is 4.96. The van der Waals surface area contributed by atoms with E-state index < -0.39 is 17.5 Å². The zero-order chi connectivity index (χ0) is 16.2. The van der Waals surface area contributed by atoms with Gasteiger partial charge in [-0.1, -0.05) is 30.3 Å². The summed E-state index contributed by atoms with van der Waals surface area (Å²) in [6.45, 7) is 0. The van der Waals surface area contributed by atoms with Crippen LogP contribution in [0.2, 0.25) is 0 Å². The number of carbonyl (C=O) groups excluding carboxylic acids is 1. The summed E-state index contributed by atoms with van der Waals surface area (Å²) in [7, 11) is 0. The third-order valence-electron chi connectivity index (χ3n) is 3.16. The van der Waals surface area contributed by atoms with Gasteiger partial charge < -0.3 is 5.32 Å². The molecule has 0 bridgehead atoms. The van der Waals surface area contributed by atoms with Gasteiger partial charge in [0.05, 0.1) is 5.01 Å². The van der Waals surface area contributed by atoms with E-state index in [1.54, 1.807) is 5.38 Å². The number of anilines is 1. The highest BCUT2D eigenvalue weighted by molar-refractivity contribution is 7.09. The van der Waals surface area contributed by atoms with Crippen LogP contribution in [0.5, 0.6) is 0 Å². The molecule has 116 valence electrons. The van der Waals surface area contributed by atoms with E-state index >= 15 is 0 Å². The van der Waals surface area contributed by atoms with E-state index in [0.717, 1.165) is 22.7 Å². The first-order valence-electron chi connectivity index (χ1n) is 6.86. The molecule has 6 heteroatoms. The smallest absolute Gasteiger partial charge is 0.275 e. The second-order valence-electron chi connectivity index (χ2n) is 4.87. The van der Waals surface area contributed by atoms with E-state index in [0.29, 0.717) is 6.42 Å². The van der Waals surface area contributed by atoms with E-state index in [2.05, 4.69) is 10.3 Å². The third-order valence-corrected chi connectivity index (χ3v) is 4.01. The van der Waals surface area contributed by atoms with E-state index in [9.17, 15) is 13.6 Å². The molecule has 0 fully saturated rings. The summed E-state index contributed by atoms with van der Waals surface area (Å²) >= 11 is 1.38. The van der Waals surface area contributed by atoms with Gasteiger partial charge in [0.15, 0.2) is 11.6 Å². The van der Waals surface area contributed by atoms with Crippen LogP contribution >= 0.6 is 11.3 Å². The molecule has 0 spiro atoms. The van der Waals surface area contributed by atoms with Crippen molar-refractivity contribution in [2.24, 2.45) is 0 Å². The van der Waals surface area contributed by atoms with Crippen LogP contribution in [0.1, 0.15) is 21.1 Å². The Labute approximate surface area is 135 Å². The topological polar surface area (TPSA) is 42.0 Å². The van der Waals surface area contributed by atoms with Crippen LogP contribution in [0.15, 0.2) is 53.9 Å². The van der Waals surface area contributed by atoms with Gasteiger partial charge in [0.1, 0.15) is 5.69 Å². The van der Waals surface area contributed by atoms with Crippen LogP contribution in [0.25, 0.3) is 0 Å². The lowest BCUT2D eigenvalue weighted by Crippen LogP contribution is -2.12. The first-order valence-corrected chi connectivity index (χ1v) is 7.74. The van der Waals surface area contributed by atoms with E-state index in [1.165, 1.54) is 17.4 Å². The summed E-state index contributed by atoms with van der Waals surface area (Å²) in [5.74, 6) is -2.42. The summed E-state index contributed by atoms with van der Waals surface area (Å²) in [4.78, 5) is 16.4. The molecule has 3 aromatic rings. The number of carbonyl (C=O) groups is 1. The maximum atomic E-state index is 13.1. The molecule has 1 aromatic heterocycles. The Bertz CT molecular complexity index is 834. The van der Waals surface area contributed by atoms with Gasteiger partial charge in [-0.25, -0.2) is 13.8 Å². The quantitative estimate of drug-likeness (QED) is 0.776. The summed E-state index contributed by atoms with van der Waals surface area (Å²) < 4.78 is 26.0. The number of aromatic nitrogens is 1. The van der Waals surface area contributed by atoms with Crippen molar-refractivity contribution in [3.8, 4) is 0 Å². The number of thiazole rings is 1. The number of hydrogen-bond acceptors (Lipinski definition) is 3. The summed E-state index contributed by atoms with van der Waals surface area (Å²) in [6, 6.07) is 13.0. The molecule has 2 aromatic carbocycles. The molecule has 3 nitrogen and oxygen atoms in total. The molecule has 0 atom stereocenters. The van der Waals surface area contributed by atoms with Crippen molar-refractivity contribution in [3.05, 3.63) is 81.8 Å². The van der Waals surface area contributed by atoms with Crippen LogP contribution in [0.3, 0.4) is 0 Å². The van der Waals surface area contributed by atoms with Gasteiger partial charge >= 0.3 is 0 Å². The molecular weight excluding hydrogens is 318 g/mol. The molecule has 1 heterocycles. The fourth-order valence-electron chi connectivity index (χ4n) is 2.04. The zero-order valence-corrected chi connectivity index (χ0v) is 12.7. The summed E-state index contributed by atoms with van der Waals surface area (Å²) in [5.41, 5.74) is 1.55. The van der Waals surface area contributed by atoms with Gasteiger partial charge in [-0.2, -0.15) is 0 Å². The van der Waals surface area contributed by atoms with Gasteiger partial charge in [-0.05, 0) is 17.7 Å². The maximum absolute atomic E-state index is 13.1. The average molecular weight is 330 g/mol. The number of hydrogen-bond donors (Lipinski definition) is 1. The second kappa shape index (κ2) is 6.66. The van der Waals surface area contributed by atoms with Gasteiger partial charge in [-0.15, -0.1) is 11.3 Å². The number of nitrogens with zero attached hydrogens (tertiary/aromatic N) is 1. The first kappa shape index (κ1) is 15.3. The number of halogens is 2. The Morgan fingerprint density at radius 1 is 1.09 bits per heavy atom. The molecule has 0 radical (unpaired) electrons. The predicted octanol–water partition coefficient (Wildman–Crippen LogP) is 4.26. The van der Waals surface area contributed by atoms with Crippen LogP contribution in [0.4, 0.5) is 14.5 Å². The molecule has 0 unspecified atom stereocenters. The predicted molar refractivity (Wildman–Crippen MR) is 85.7 cm³/mol. The minimum absolute atomic E-state index is 0.187. The second-order valence-corrected chi connectivity index (χ2v) is 5.81. The highest BCUT2D eigenvalue weighted by Crippen LogP contribution is 2.17. The fraction of sp³-hybridized carbons (Fsp3) is 0.0588. The number of amides is 1. The minimum atomic E-state index is -1.01. The molecule has 1 N–H and O–H groups in total. The van der Waals surface area contributed by atoms with E-state index in [1.807, 2.05) is 30.3 Å². The summed E-state index contributed by atoms with van der Waals surface area (Å²) in [6.07, 6.45) is 0.643. The highest BCUT2D eigenvalue weighted by Gasteiger charge is 2.12. The largest absolute Gasteiger partial charge is 0.321 e. The Morgan fingerprint density at radius 2 is 1.87 bits per heavy atom. The number of rotatable bonds is 4. The van der Waals surface area contributed by atoms with Crippen molar-refractivity contribution in [1.82, 2.24) is 4.98 Å². The molecular formula is C17H12F2N2OS. The van der Waals surface area contributed by atoms with Crippen LogP contribution in [-0.4, -0.2) is 10.9 Å². The van der Waals surface area contributed by atoms with E-state index in [-0.39, 0.29) is 11.4 Å². The molecule has 0 saturated carbocycles. The van der Waals surface area contributed by atoms with Crippen molar-refractivity contribution in [2.45, 2.75) is 6.42 Å². The molecule has 0 aliphatic carbocycles. The lowest BCUT2D eigenvalue weighted by Gasteiger charge is -2.03. The standard InChI is InChI=1S/C17H12F2N2OS/c18-13-7-6-12(9-14(13)19)20-17(22)15-10-23-16(21-15)8-11-4-2-1-3-5-11/h1-7,9-10H,8H2,(H,20,22). The third kappa shape index (κ3) is 3.78. The molecule has 1 amide bonds. The maximum Gasteiger partial charge on any atom is 0.275 e. The SMILES string of the molecule is O=C(Nc1ccc(F)c(F)c1)c1csc(Cc2ccccc2)n1. The monoisotopic (exact) mass is 330 g/mol. The van der Waals surface area contributed by atoms with Crippen molar-refractivity contribution in [3.63, 3.8) is 0 Å². The average Bonchev–Trinajstić information content (AvgIpc) is 3.00. The molecule has 23 heavy (non-hydrogen) atoms. The number of benzene rings is 2. The van der Waals surface area contributed by atoms with Crippen LogP contribution < -0.4 is 5.32 Å². The fourth-order valence-corrected chi connectivity index (χ4v) is 2.84. The molecule has 0 aliphatic heterocycles. The molecule has 0 aliphatic rings. The molecule has 3 rings (SSSR count). The zero-order valence-electron chi connectivity index (χ0n) is 11.9. The van der Waals surface area contributed by atoms with E-state index in [4.69, 9.17) is 0 Å². The Balaban J connectivity index is 1.69. The van der Waals surface area contributed by atoms with Crippen molar-refractivity contribution in [2.75, 3.05) is 5.32 Å². The van der Waals surface area contributed by atoms with Crippen molar-refractivity contribution < 1.29 is 13.6 Å². The van der Waals surface area contributed by atoms with Gasteiger partial charge in [0.2, 0.25) is 0 Å². The highest BCUT2D eigenvalue weighted by atomic mass is 32.1. The van der Waals surface area contributed by atoms with Crippen LogP contribution in [-0.2, 0) is 6.42 Å². The van der Waals surface area contributed by atoms with Gasteiger partial charge in [0, 0.05) is 23.6 Å². The Kier molecular flexibility index (Phi) is 4.43. The first-order chi connectivity index (χ1) is 11.1. The lowest BCUT2D eigenvalue weighted by atomic mass is 10.2. The lowest BCUT2D eigenvalue weighted by molar-refractivity contribution is 0.102. The van der Waals surface area contributed by atoms with Gasteiger partial charge in [0.25, 0.3) is 5.91 Å². The normalized spacial score (nSPS) is 10.5. The van der Waals surface area contributed by atoms with Crippen molar-refractivity contribution in [1.29, 1.82) is 0 Å². The van der Waals surface area contributed by atoms with Crippen molar-refractivity contribution >= 4 is 22.9 Å². The molecule has 0 saturated heterocycles. The Hall–Kier alpha value is -2.60. The Morgan fingerprint density at radius 3 is 2.61 bits per heavy atom. The van der Waals surface area contributed by atoms with Crippen LogP contribution in [0, 0.1) is 11.6 Å². The number of nitrogens with one attached hydrogen (secondary N) is 1. The van der Waals surface area contributed by atoms with Gasteiger partial charge in [-0.3, -0.25) is 4.79 Å². The minimum Gasteiger partial charge on any atom is -0.321 e.